The molecule has 0 unspecified atom stereocenters. The van der Waals surface area contributed by atoms with Crippen molar-refractivity contribution >= 4 is 40.3 Å². The van der Waals surface area contributed by atoms with Gasteiger partial charge < -0.3 is 9.47 Å². The van der Waals surface area contributed by atoms with Crippen LogP contribution in [0.15, 0.2) is 66.1 Å². The molecule has 0 atom stereocenters. The van der Waals surface area contributed by atoms with Crippen LogP contribution in [0.1, 0.15) is 18.1 Å². The topological polar surface area (TPSA) is 38.8 Å². The Morgan fingerprint density at radius 3 is 2.64 bits per heavy atom. The monoisotopic (exact) mass is 411 g/mol. The first-order valence-electron chi connectivity index (χ1n) is 8.92. The van der Waals surface area contributed by atoms with E-state index in [9.17, 15) is 4.79 Å². The smallest absolute Gasteiger partial charge is 0.266 e. The van der Waals surface area contributed by atoms with E-state index in [0.29, 0.717) is 40.5 Å². The number of thiocarbonyl (C=S) groups is 1. The maximum absolute atomic E-state index is 12.8. The minimum atomic E-state index is -0.0798. The van der Waals surface area contributed by atoms with Crippen molar-refractivity contribution in [3.8, 4) is 11.5 Å². The standard InChI is InChI=1S/C22H21NO3S2/c1-3-12-26-18-11-10-17(13-19(18)25-4-2)14-20-21(24)23(22(27)28-20)15-16-8-6-5-7-9-16/h3,5-11,13-14H,1,4,12,15H2,2H3/b20-14+. The predicted molar refractivity (Wildman–Crippen MR) is 118 cm³/mol. The molecule has 0 bridgehead atoms. The van der Waals surface area contributed by atoms with Gasteiger partial charge in [-0.25, -0.2) is 0 Å². The summed E-state index contributed by atoms with van der Waals surface area (Å²) in [4.78, 5) is 15.1. The number of hydrogen-bond donors (Lipinski definition) is 0. The van der Waals surface area contributed by atoms with Gasteiger partial charge in [0.15, 0.2) is 11.5 Å². The van der Waals surface area contributed by atoms with E-state index in [4.69, 9.17) is 21.7 Å². The molecule has 2 aromatic carbocycles. The van der Waals surface area contributed by atoms with Crippen molar-refractivity contribution in [1.29, 1.82) is 0 Å². The zero-order chi connectivity index (χ0) is 19.9. The average Bonchev–Trinajstić information content (AvgIpc) is 2.96. The third kappa shape index (κ3) is 4.82. The molecule has 0 N–H and O–H groups in total. The van der Waals surface area contributed by atoms with Crippen LogP contribution in [0.5, 0.6) is 11.5 Å². The third-order valence-electron chi connectivity index (χ3n) is 3.98. The first kappa shape index (κ1) is 20.2. The maximum atomic E-state index is 12.8. The van der Waals surface area contributed by atoms with E-state index in [2.05, 4.69) is 6.58 Å². The zero-order valence-corrected chi connectivity index (χ0v) is 17.2. The lowest BCUT2D eigenvalue weighted by atomic mass is 10.1. The van der Waals surface area contributed by atoms with Gasteiger partial charge in [-0.1, -0.05) is 73.0 Å². The van der Waals surface area contributed by atoms with Gasteiger partial charge >= 0.3 is 0 Å². The molecule has 4 nitrogen and oxygen atoms in total. The Balaban J connectivity index is 1.81. The van der Waals surface area contributed by atoms with Crippen LogP contribution in [0.4, 0.5) is 0 Å². The van der Waals surface area contributed by atoms with E-state index in [1.54, 1.807) is 11.0 Å². The van der Waals surface area contributed by atoms with E-state index in [-0.39, 0.29) is 5.91 Å². The Kier molecular flexibility index (Phi) is 6.90. The summed E-state index contributed by atoms with van der Waals surface area (Å²) in [5, 5.41) is 0. The molecule has 0 aromatic heterocycles. The van der Waals surface area contributed by atoms with Gasteiger partial charge in [0.05, 0.1) is 18.1 Å². The van der Waals surface area contributed by atoms with Crippen LogP contribution in [0.3, 0.4) is 0 Å². The number of benzene rings is 2. The van der Waals surface area contributed by atoms with Gasteiger partial charge in [-0.05, 0) is 36.3 Å². The fourth-order valence-corrected chi connectivity index (χ4v) is 3.96. The molecule has 2 aromatic rings. The molecular weight excluding hydrogens is 390 g/mol. The number of carbonyl (C=O) groups is 1. The highest BCUT2D eigenvalue weighted by molar-refractivity contribution is 8.26. The second-order valence-electron chi connectivity index (χ2n) is 5.99. The van der Waals surface area contributed by atoms with E-state index in [1.807, 2.05) is 61.5 Å². The Labute approximate surface area is 174 Å². The van der Waals surface area contributed by atoms with Crippen LogP contribution in [0.2, 0.25) is 0 Å². The number of thioether (sulfide) groups is 1. The summed E-state index contributed by atoms with van der Waals surface area (Å²) in [6.07, 6.45) is 3.52. The summed E-state index contributed by atoms with van der Waals surface area (Å²) in [5.74, 6) is 1.21. The second-order valence-corrected chi connectivity index (χ2v) is 7.67. The van der Waals surface area contributed by atoms with Crippen molar-refractivity contribution in [3.05, 3.63) is 77.2 Å². The molecule has 1 amide bonds. The molecule has 1 saturated heterocycles. The Morgan fingerprint density at radius 1 is 1.14 bits per heavy atom. The minimum Gasteiger partial charge on any atom is -0.490 e. The highest BCUT2D eigenvalue weighted by Crippen LogP contribution is 2.35. The van der Waals surface area contributed by atoms with Crippen molar-refractivity contribution in [2.45, 2.75) is 13.5 Å². The van der Waals surface area contributed by atoms with Gasteiger partial charge in [-0.2, -0.15) is 0 Å². The lowest BCUT2D eigenvalue weighted by Gasteiger charge is -2.14. The largest absolute Gasteiger partial charge is 0.490 e. The lowest BCUT2D eigenvalue weighted by molar-refractivity contribution is -0.122. The number of amides is 1. The molecule has 0 saturated carbocycles. The highest BCUT2D eigenvalue weighted by atomic mass is 32.2. The summed E-state index contributed by atoms with van der Waals surface area (Å²) >= 11 is 6.74. The fraction of sp³-hybridized carbons (Fsp3) is 0.182. The zero-order valence-electron chi connectivity index (χ0n) is 15.6. The Bertz CT molecular complexity index is 909. The average molecular weight is 412 g/mol. The first-order chi connectivity index (χ1) is 13.6. The molecule has 1 aliphatic heterocycles. The van der Waals surface area contributed by atoms with Crippen LogP contribution in [0, 0.1) is 0 Å². The minimum absolute atomic E-state index is 0.0798. The maximum Gasteiger partial charge on any atom is 0.266 e. The fourth-order valence-electron chi connectivity index (χ4n) is 2.70. The van der Waals surface area contributed by atoms with Gasteiger partial charge in [-0.15, -0.1) is 0 Å². The third-order valence-corrected chi connectivity index (χ3v) is 5.36. The van der Waals surface area contributed by atoms with Crippen LogP contribution >= 0.6 is 24.0 Å². The van der Waals surface area contributed by atoms with Crippen LogP contribution < -0.4 is 9.47 Å². The van der Waals surface area contributed by atoms with E-state index >= 15 is 0 Å². The van der Waals surface area contributed by atoms with Crippen LogP contribution in [0.25, 0.3) is 6.08 Å². The van der Waals surface area contributed by atoms with Crippen LogP contribution in [-0.4, -0.2) is 28.3 Å². The van der Waals surface area contributed by atoms with Gasteiger partial charge in [0, 0.05) is 0 Å². The van der Waals surface area contributed by atoms with Crippen molar-refractivity contribution < 1.29 is 14.3 Å². The van der Waals surface area contributed by atoms with Gasteiger partial charge in [-0.3, -0.25) is 9.69 Å². The molecule has 1 fully saturated rings. The summed E-state index contributed by atoms with van der Waals surface area (Å²) in [5.41, 5.74) is 1.90. The highest BCUT2D eigenvalue weighted by Gasteiger charge is 2.32. The van der Waals surface area contributed by atoms with Crippen molar-refractivity contribution in [3.63, 3.8) is 0 Å². The quantitative estimate of drug-likeness (QED) is 0.345. The molecule has 0 radical (unpaired) electrons. The summed E-state index contributed by atoms with van der Waals surface area (Å²) < 4.78 is 11.9. The molecule has 28 heavy (non-hydrogen) atoms. The Hall–Kier alpha value is -2.57. The summed E-state index contributed by atoms with van der Waals surface area (Å²) in [6.45, 7) is 6.97. The Morgan fingerprint density at radius 2 is 1.93 bits per heavy atom. The molecule has 1 aliphatic rings. The lowest BCUT2D eigenvalue weighted by Crippen LogP contribution is -2.27. The van der Waals surface area contributed by atoms with Crippen molar-refractivity contribution in [2.24, 2.45) is 0 Å². The summed E-state index contributed by atoms with van der Waals surface area (Å²) in [7, 11) is 0. The van der Waals surface area contributed by atoms with E-state index < -0.39 is 0 Å². The van der Waals surface area contributed by atoms with Gasteiger partial charge in [0.25, 0.3) is 5.91 Å². The molecule has 0 spiro atoms. The number of ether oxygens (including phenoxy) is 2. The van der Waals surface area contributed by atoms with Crippen molar-refractivity contribution in [1.82, 2.24) is 4.90 Å². The molecule has 3 rings (SSSR count). The molecular formula is C22H21NO3S2. The van der Waals surface area contributed by atoms with Gasteiger partial charge in [0.1, 0.15) is 10.9 Å². The van der Waals surface area contributed by atoms with Gasteiger partial charge in [0.2, 0.25) is 0 Å². The van der Waals surface area contributed by atoms with Crippen LogP contribution in [-0.2, 0) is 11.3 Å². The normalized spacial score (nSPS) is 15.2. The number of carbonyl (C=O) groups excluding carboxylic acids is 1. The second kappa shape index (κ2) is 9.57. The molecule has 0 aliphatic carbocycles. The molecule has 1 heterocycles. The summed E-state index contributed by atoms with van der Waals surface area (Å²) in [6, 6.07) is 15.4. The number of hydrogen-bond acceptors (Lipinski definition) is 5. The predicted octanol–water partition coefficient (Wildman–Crippen LogP) is 5.05. The SMILES string of the molecule is C=CCOc1ccc(/C=C2/SC(=S)N(Cc3ccccc3)C2=O)cc1OCC. The number of nitrogens with zero attached hydrogens (tertiary/aromatic N) is 1. The number of rotatable bonds is 8. The molecule has 144 valence electrons. The first-order valence-corrected chi connectivity index (χ1v) is 10.1. The molecule has 6 heteroatoms. The van der Waals surface area contributed by atoms with Crippen molar-refractivity contribution in [2.75, 3.05) is 13.2 Å². The van der Waals surface area contributed by atoms with E-state index in [1.165, 1.54) is 11.8 Å². The van der Waals surface area contributed by atoms with E-state index in [0.717, 1.165) is 11.1 Å².